The molecule has 0 unspecified atom stereocenters. The molecule has 0 aliphatic carbocycles. The Morgan fingerprint density at radius 3 is 2.88 bits per heavy atom. The maximum Gasteiger partial charge on any atom is 0.227 e. The largest absolute Gasteiger partial charge is 0.351 e. The zero-order chi connectivity index (χ0) is 18.1. The normalized spacial score (nSPS) is 11.2. The van der Waals surface area contributed by atoms with Crippen molar-refractivity contribution in [3.05, 3.63) is 69.9 Å². The molecule has 8 heteroatoms. The lowest BCUT2D eigenvalue weighted by Crippen LogP contribution is -2.08. The number of aromatic amines is 2. The highest BCUT2D eigenvalue weighted by molar-refractivity contribution is 6.31. The van der Waals surface area contributed by atoms with Gasteiger partial charge in [0.15, 0.2) is 5.82 Å². The molecule has 0 saturated carbocycles. The first kappa shape index (κ1) is 16.4. The van der Waals surface area contributed by atoms with Crippen LogP contribution in [0.2, 0.25) is 5.02 Å². The third-order valence-corrected chi connectivity index (χ3v) is 4.52. The van der Waals surface area contributed by atoms with Crippen LogP contribution in [0.1, 0.15) is 40.1 Å². The SMILES string of the molecule is CCc1ccnc(C(=O)c2[nH]c3cc(Cl)ccc3c2Cc2nn[nH]n2)c1. The summed E-state index contributed by atoms with van der Waals surface area (Å²) in [5.74, 6) is 0.330. The molecule has 26 heavy (non-hydrogen) atoms. The van der Waals surface area contributed by atoms with Crippen LogP contribution in [0, 0.1) is 0 Å². The molecule has 0 saturated heterocycles. The summed E-state index contributed by atoms with van der Waals surface area (Å²) in [7, 11) is 0. The minimum Gasteiger partial charge on any atom is -0.351 e. The van der Waals surface area contributed by atoms with Crippen LogP contribution in [0.15, 0.2) is 36.5 Å². The number of hydrogen-bond donors (Lipinski definition) is 2. The van der Waals surface area contributed by atoms with Gasteiger partial charge >= 0.3 is 0 Å². The van der Waals surface area contributed by atoms with Crippen LogP contribution in [-0.4, -0.2) is 36.4 Å². The molecule has 2 N–H and O–H groups in total. The molecule has 4 aromatic rings. The van der Waals surface area contributed by atoms with Crippen LogP contribution in [0.3, 0.4) is 0 Å². The second kappa shape index (κ2) is 6.68. The number of carbonyl (C=O) groups is 1. The molecular formula is C18H15ClN6O. The number of nitrogens with one attached hydrogen (secondary N) is 2. The Bertz CT molecular complexity index is 1090. The first-order valence-corrected chi connectivity index (χ1v) is 8.55. The van der Waals surface area contributed by atoms with Crippen LogP contribution in [0.25, 0.3) is 10.9 Å². The maximum absolute atomic E-state index is 13.1. The van der Waals surface area contributed by atoms with Gasteiger partial charge in [-0.15, -0.1) is 10.2 Å². The van der Waals surface area contributed by atoms with Crippen molar-refractivity contribution in [1.82, 2.24) is 30.6 Å². The number of carbonyl (C=O) groups excluding carboxylic acids is 1. The summed E-state index contributed by atoms with van der Waals surface area (Å²) in [5, 5.41) is 15.5. The number of aryl methyl sites for hydroxylation is 1. The molecule has 0 fully saturated rings. The summed E-state index contributed by atoms with van der Waals surface area (Å²) in [6, 6.07) is 9.20. The number of halogens is 1. The van der Waals surface area contributed by atoms with E-state index in [2.05, 4.69) is 30.6 Å². The van der Waals surface area contributed by atoms with Gasteiger partial charge in [-0.25, -0.2) is 0 Å². The highest BCUT2D eigenvalue weighted by Crippen LogP contribution is 2.28. The fraction of sp³-hybridized carbons (Fsp3) is 0.167. The average molecular weight is 367 g/mol. The lowest BCUT2D eigenvalue weighted by Gasteiger charge is -2.04. The predicted octanol–water partition coefficient (Wildman–Crippen LogP) is 3.11. The zero-order valence-corrected chi connectivity index (χ0v) is 14.7. The number of ketones is 1. The summed E-state index contributed by atoms with van der Waals surface area (Å²) >= 11 is 6.10. The summed E-state index contributed by atoms with van der Waals surface area (Å²) < 4.78 is 0. The minimum absolute atomic E-state index is 0.175. The molecule has 3 heterocycles. The molecule has 0 spiro atoms. The van der Waals surface area contributed by atoms with E-state index in [9.17, 15) is 4.79 Å². The Labute approximate surface area is 153 Å². The summed E-state index contributed by atoms with van der Waals surface area (Å²) in [6.07, 6.45) is 2.86. The van der Waals surface area contributed by atoms with E-state index in [0.29, 0.717) is 28.7 Å². The van der Waals surface area contributed by atoms with E-state index in [1.807, 2.05) is 25.1 Å². The Morgan fingerprint density at radius 1 is 1.23 bits per heavy atom. The summed E-state index contributed by atoms with van der Waals surface area (Å²) in [5.41, 5.74) is 3.50. The molecular weight excluding hydrogens is 352 g/mol. The van der Waals surface area contributed by atoms with Gasteiger partial charge in [-0.3, -0.25) is 9.78 Å². The van der Waals surface area contributed by atoms with Gasteiger partial charge in [0.1, 0.15) is 5.69 Å². The Morgan fingerprint density at radius 2 is 2.12 bits per heavy atom. The minimum atomic E-state index is -0.175. The quantitative estimate of drug-likeness (QED) is 0.528. The number of pyridine rings is 1. The molecule has 0 atom stereocenters. The third-order valence-electron chi connectivity index (χ3n) is 4.28. The molecule has 7 nitrogen and oxygen atoms in total. The fourth-order valence-corrected chi connectivity index (χ4v) is 3.14. The number of tetrazole rings is 1. The number of fused-ring (bicyclic) bond motifs is 1. The topological polar surface area (TPSA) is 100 Å². The molecule has 4 rings (SSSR count). The Kier molecular flexibility index (Phi) is 4.22. The van der Waals surface area contributed by atoms with Gasteiger partial charge in [0.05, 0.1) is 5.69 Å². The maximum atomic E-state index is 13.1. The summed E-state index contributed by atoms with van der Waals surface area (Å²) in [6.45, 7) is 2.04. The van der Waals surface area contributed by atoms with Gasteiger partial charge in [-0.2, -0.15) is 5.21 Å². The van der Waals surface area contributed by atoms with Crippen molar-refractivity contribution in [3.63, 3.8) is 0 Å². The molecule has 0 aliphatic rings. The lowest BCUT2D eigenvalue weighted by atomic mass is 10.0. The Balaban J connectivity index is 1.85. The standard InChI is InChI=1S/C18H15ClN6O/c1-2-10-5-6-20-15(7-10)18(26)17-13(9-16-22-24-25-23-16)12-4-3-11(19)8-14(12)21-17/h3-8,21H,2,9H2,1H3,(H,22,23,24,25). The van der Waals surface area contributed by atoms with Gasteiger partial charge in [0, 0.05) is 28.5 Å². The molecule has 1 aromatic carbocycles. The second-order valence-corrected chi connectivity index (χ2v) is 6.34. The molecule has 0 aliphatic heterocycles. The van der Waals surface area contributed by atoms with Crippen molar-refractivity contribution in [1.29, 1.82) is 0 Å². The highest BCUT2D eigenvalue weighted by Gasteiger charge is 2.21. The molecule has 0 amide bonds. The number of aromatic nitrogens is 6. The zero-order valence-electron chi connectivity index (χ0n) is 14.0. The van der Waals surface area contributed by atoms with E-state index < -0.39 is 0 Å². The highest BCUT2D eigenvalue weighted by atomic mass is 35.5. The van der Waals surface area contributed by atoms with E-state index in [-0.39, 0.29) is 5.78 Å². The van der Waals surface area contributed by atoms with Crippen molar-refractivity contribution < 1.29 is 4.79 Å². The average Bonchev–Trinajstić information content (AvgIpc) is 3.29. The van der Waals surface area contributed by atoms with Gasteiger partial charge in [-0.1, -0.05) is 29.8 Å². The smallest absolute Gasteiger partial charge is 0.227 e. The molecule has 0 radical (unpaired) electrons. The van der Waals surface area contributed by atoms with Crippen molar-refractivity contribution in [2.24, 2.45) is 0 Å². The van der Waals surface area contributed by atoms with E-state index in [1.165, 1.54) is 0 Å². The van der Waals surface area contributed by atoms with Crippen molar-refractivity contribution in [3.8, 4) is 0 Å². The van der Waals surface area contributed by atoms with Crippen LogP contribution in [0.4, 0.5) is 0 Å². The van der Waals surface area contributed by atoms with Gasteiger partial charge in [-0.05, 0) is 41.8 Å². The lowest BCUT2D eigenvalue weighted by molar-refractivity contribution is 0.102. The number of benzene rings is 1. The number of hydrogen-bond acceptors (Lipinski definition) is 5. The van der Waals surface area contributed by atoms with Crippen LogP contribution in [0.5, 0.6) is 0 Å². The molecule has 3 aromatic heterocycles. The number of nitrogens with zero attached hydrogens (tertiary/aromatic N) is 4. The number of rotatable bonds is 5. The van der Waals surface area contributed by atoms with E-state index in [4.69, 9.17) is 11.6 Å². The van der Waals surface area contributed by atoms with E-state index in [1.54, 1.807) is 18.3 Å². The Hall–Kier alpha value is -3.06. The van der Waals surface area contributed by atoms with E-state index in [0.717, 1.165) is 28.5 Å². The van der Waals surface area contributed by atoms with Gasteiger partial charge in [0.2, 0.25) is 5.78 Å². The van der Waals surface area contributed by atoms with Crippen molar-refractivity contribution >= 4 is 28.3 Å². The van der Waals surface area contributed by atoms with Crippen LogP contribution in [-0.2, 0) is 12.8 Å². The first-order chi connectivity index (χ1) is 12.7. The van der Waals surface area contributed by atoms with Crippen LogP contribution >= 0.6 is 11.6 Å². The number of H-pyrrole nitrogens is 2. The van der Waals surface area contributed by atoms with Crippen molar-refractivity contribution in [2.75, 3.05) is 0 Å². The molecule has 0 bridgehead atoms. The monoisotopic (exact) mass is 366 g/mol. The molecule has 130 valence electrons. The second-order valence-electron chi connectivity index (χ2n) is 5.91. The predicted molar refractivity (Wildman–Crippen MR) is 97.3 cm³/mol. The fourth-order valence-electron chi connectivity index (χ4n) is 2.97. The van der Waals surface area contributed by atoms with Gasteiger partial charge < -0.3 is 4.98 Å². The van der Waals surface area contributed by atoms with Crippen LogP contribution < -0.4 is 0 Å². The first-order valence-electron chi connectivity index (χ1n) is 8.17. The summed E-state index contributed by atoms with van der Waals surface area (Å²) in [4.78, 5) is 20.6. The van der Waals surface area contributed by atoms with Crippen molar-refractivity contribution in [2.45, 2.75) is 19.8 Å². The van der Waals surface area contributed by atoms with Gasteiger partial charge in [0.25, 0.3) is 0 Å². The third kappa shape index (κ3) is 2.97. The van der Waals surface area contributed by atoms with E-state index >= 15 is 0 Å².